The molecule has 1 saturated heterocycles. The van der Waals surface area contributed by atoms with E-state index in [0.29, 0.717) is 11.3 Å². The first-order valence-electron chi connectivity index (χ1n) is 13.7. The Balaban J connectivity index is 1.64. The van der Waals surface area contributed by atoms with Crippen LogP contribution in [0.15, 0.2) is 21.5 Å². The molecule has 3 heterocycles. The maximum atomic E-state index is 13.6. The van der Waals surface area contributed by atoms with Crippen molar-refractivity contribution in [1.29, 1.82) is 0 Å². The number of nitrogens with one attached hydrogen (secondary N) is 2. The van der Waals surface area contributed by atoms with Crippen molar-refractivity contribution < 1.29 is 50.0 Å². The lowest BCUT2D eigenvalue weighted by Crippen LogP contribution is -2.44. The van der Waals surface area contributed by atoms with Crippen molar-refractivity contribution in [3.8, 4) is 0 Å². The molecule has 0 spiro atoms. The van der Waals surface area contributed by atoms with Gasteiger partial charge in [-0.15, -0.1) is 0 Å². The number of hydrogen-bond acceptors (Lipinski definition) is 9. The average Bonchev–Trinajstić information content (AvgIpc) is 3.33. The molecule has 3 atom stereocenters. The number of carbonyl (C=O) groups excluding carboxylic acids is 2. The van der Waals surface area contributed by atoms with Gasteiger partial charge in [0.15, 0.2) is 17.1 Å². The monoisotopic (exact) mass is 650 g/mol. The normalized spacial score (nSPS) is 19.4. The van der Waals surface area contributed by atoms with Crippen LogP contribution in [-0.4, -0.2) is 100 Å². The fourth-order valence-electron chi connectivity index (χ4n) is 4.50. The zero-order valence-corrected chi connectivity index (χ0v) is 24.7. The first-order chi connectivity index (χ1) is 21.0. The van der Waals surface area contributed by atoms with Gasteiger partial charge in [-0.2, -0.15) is 31.4 Å². The first-order valence-corrected chi connectivity index (χ1v) is 13.7. The van der Waals surface area contributed by atoms with Crippen LogP contribution in [0.5, 0.6) is 0 Å². The summed E-state index contributed by atoms with van der Waals surface area (Å²) in [6, 6.07) is -5.25. The smallest absolute Gasteiger partial charge is 0.382 e. The number of rotatable bonds is 13. The van der Waals surface area contributed by atoms with Crippen LogP contribution in [0.3, 0.4) is 0 Å². The third kappa shape index (κ3) is 7.63. The molecule has 45 heavy (non-hydrogen) atoms. The molecule has 19 heteroatoms. The van der Waals surface area contributed by atoms with Gasteiger partial charge in [-0.1, -0.05) is 5.16 Å². The van der Waals surface area contributed by atoms with Crippen molar-refractivity contribution in [3.05, 3.63) is 34.7 Å². The third-order valence-corrected chi connectivity index (χ3v) is 7.45. The van der Waals surface area contributed by atoms with E-state index in [2.05, 4.69) is 32.4 Å². The molecule has 1 aliphatic heterocycles. The number of hydrogen-bond donors (Lipinski definition) is 2. The van der Waals surface area contributed by atoms with Crippen molar-refractivity contribution in [1.82, 2.24) is 35.5 Å². The highest BCUT2D eigenvalue weighted by atomic mass is 19.4. The summed E-state index contributed by atoms with van der Waals surface area (Å²) in [6.07, 6.45) is -5.18. The van der Waals surface area contributed by atoms with Crippen LogP contribution in [0, 0.1) is 0 Å². The van der Waals surface area contributed by atoms with Crippen molar-refractivity contribution in [2.45, 2.75) is 75.6 Å². The number of urea groups is 1. The Morgan fingerprint density at radius 3 is 2.49 bits per heavy atom. The van der Waals surface area contributed by atoms with Crippen LogP contribution in [0.2, 0.25) is 0 Å². The molecule has 0 radical (unpaired) electrons. The van der Waals surface area contributed by atoms with E-state index in [1.54, 1.807) is 0 Å². The highest BCUT2D eigenvalue weighted by molar-refractivity contribution is 5.93. The van der Waals surface area contributed by atoms with E-state index in [-0.39, 0.29) is 29.7 Å². The second-order valence-corrected chi connectivity index (χ2v) is 11.2. The molecule has 0 aromatic carbocycles. The Morgan fingerprint density at radius 1 is 1.24 bits per heavy atom. The average molecular weight is 651 g/mol. The highest BCUT2D eigenvalue weighted by Gasteiger charge is 2.50. The van der Waals surface area contributed by atoms with E-state index in [0.717, 1.165) is 36.3 Å². The van der Waals surface area contributed by atoms with E-state index >= 15 is 0 Å². The molecule has 2 aliphatic rings. The Bertz CT molecular complexity index is 1430. The zero-order chi connectivity index (χ0) is 33.3. The van der Waals surface area contributed by atoms with E-state index < -0.39 is 61.2 Å². The number of imidazole rings is 1. The summed E-state index contributed by atoms with van der Waals surface area (Å²) >= 11 is 0. The molecular weight excluding hydrogens is 618 g/mol. The number of halogens is 6. The summed E-state index contributed by atoms with van der Waals surface area (Å²) < 4.78 is 96.8. The molecule has 248 valence electrons. The zero-order valence-electron chi connectivity index (χ0n) is 24.7. The lowest BCUT2D eigenvalue weighted by molar-refractivity contribution is -0.265. The molecule has 2 fully saturated rings. The molecule has 2 N–H and O–H groups in total. The minimum Gasteiger partial charge on any atom is -0.382 e. The Hall–Kier alpha value is -4.00. The lowest BCUT2D eigenvalue weighted by atomic mass is 10.1. The molecular formula is C26H32F6N8O5. The lowest BCUT2D eigenvalue weighted by Gasteiger charge is -2.30. The van der Waals surface area contributed by atoms with E-state index in [9.17, 15) is 35.9 Å². The van der Waals surface area contributed by atoms with Gasteiger partial charge in [-0.3, -0.25) is 4.79 Å². The van der Waals surface area contributed by atoms with Gasteiger partial charge in [0.1, 0.15) is 11.7 Å². The van der Waals surface area contributed by atoms with Crippen LogP contribution in [0.1, 0.15) is 73.3 Å². The summed E-state index contributed by atoms with van der Waals surface area (Å²) in [5, 5.41) is 15.7. The second-order valence-electron chi connectivity index (χ2n) is 11.2. The predicted molar refractivity (Wildman–Crippen MR) is 144 cm³/mol. The van der Waals surface area contributed by atoms with Gasteiger partial charge >= 0.3 is 18.4 Å². The number of aromatic nitrogens is 4. The summed E-state index contributed by atoms with van der Waals surface area (Å²) in [7, 11) is 1.31. The fourth-order valence-corrected chi connectivity index (χ4v) is 4.50. The molecule has 2 aromatic heterocycles. The van der Waals surface area contributed by atoms with Crippen molar-refractivity contribution in [3.63, 3.8) is 0 Å². The number of ether oxygens (including phenoxy) is 2. The molecule has 4 rings (SSSR count). The van der Waals surface area contributed by atoms with Gasteiger partial charge < -0.3 is 25.0 Å². The number of carbonyl (C=O) groups is 2. The van der Waals surface area contributed by atoms with E-state index in [1.165, 1.54) is 26.3 Å². The van der Waals surface area contributed by atoms with Crippen LogP contribution >= 0.6 is 0 Å². The summed E-state index contributed by atoms with van der Waals surface area (Å²) in [5.41, 5.74) is -2.05. The number of methoxy groups -OCH3 is 1. The Kier molecular flexibility index (Phi) is 9.62. The van der Waals surface area contributed by atoms with Crippen LogP contribution < -0.4 is 10.6 Å². The van der Waals surface area contributed by atoms with Gasteiger partial charge in [0.2, 0.25) is 0 Å². The number of alkyl halides is 6. The van der Waals surface area contributed by atoms with Crippen LogP contribution in [-0.2, 0) is 9.47 Å². The predicted octanol–water partition coefficient (Wildman–Crippen LogP) is 3.81. The maximum Gasteiger partial charge on any atom is 0.416 e. The standard InChI is InChI=1S/C26H32F6N8O5/c1-13(17(12-43-5)39-10-18(25(27,28)29)36-23(39)42)8-19-34-15(9-40(19)33-4)16(11-44-24(2,3)26(30,31)32)35-22(41)21-20(14-6-7-14)37-45-38-21/h8-9,14,16-18H,4,6-7,10-12H2,1-3,5H3,(H,35,41)(H,36,42)/b13-8+. The number of amides is 3. The van der Waals surface area contributed by atoms with Crippen LogP contribution in [0.4, 0.5) is 31.1 Å². The van der Waals surface area contributed by atoms with Crippen molar-refractivity contribution in [2.24, 2.45) is 5.10 Å². The molecule has 2 aromatic rings. The molecule has 1 saturated carbocycles. The highest BCUT2D eigenvalue weighted by Crippen LogP contribution is 2.40. The van der Waals surface area contributed by atoms with Gasteiger partial charge in [0.25, 0.3) is 5.91 Å². The summed E-state index contributed by atoms with van der Waals surface area (Å²) in [6.45, 7) is 5.13. The van der Waals surface area contributed by atoms with Gasteiger partial charge in [-0.25, -0.2) is 19.1 Å². The minimum absolute atomic E-state index is 0.0107. The third-order valence-electron chi connectivity index (χ3n) is 7.45. The van der Waals surface area contributed by atoms with E-state index in [4.69, 9.17) is 14.1 Å². The van der Waals surface area contributed by atoms with Crippen molar-refractivity contribution >= 4 is 24.7 Å². The topological polar surface area (TPSA) is 149 Å². The van der Waals surface area contributed by atoms with Gasteiger partial charge in [0.05, 0.1) is 43.7 Å². The second kappa shape index (κ2) is 12.8. The van der Waals surface area contributed by atoms with E-state index in [1.807, 2.05) is 5.32 Å². The SMILES string of the molecule is C=Nn1cc(C(COC(C)(C)C(F)(F)F)NC(=O)c2nonc2C2CC2)nc1/C=C(\C)C(COC)N1CC(C(F)(F)F)NC1=O. The van der Waals surface area contributed by atoms with Crippen LogP contribution in [0.25, 0.3) is 6.08 Å². The molecule has 3 unspecified atom stereocenters. The van der Waals surface area contributed by atoms with Gasteiger partial charge in [-0.05, 0) is 50.4 Å². The van der Waals surface area contributed by atoms with Crippen molar-refractivity contribution in [2.75, 3.05) is 26.9 Å². The fraction of sp³-hybridized carbons (Fsp3) is 0.615. The minimum atomic E-state index is -4.74. The summed E-state index contributed by atoms with van der Waals surface area (Å²) in [5.74, 6) is -0.768. The Morgan fingerprint density at radius 2 is 1.93 bits per heavy atom. The first kappa shape index (κ1) is 33.9. The maximum absolute atomic E-state index is 13.6. The largest absolute Gasteiger partial charge is 0.416 e. The summed E-state index contributed by atoms with van der Waals surface area (Å²) in [4.78, 5) is 31.0. The Labute approximate surface area is 252 Å². The molecule has 13 nitrogen and oxygen atoms in total. The molecule has 0 bridgehead atoms. The quantitative estimate of drug-likeness (QED) is 0.246. The van der Waals surface area contributed by atoms with Gasteiger partial charge in [0, 0.05) is 19.7 Å². The molecule has 1 aliphatic carbocycles. The molecule has 3 amide bonds. The number of nitrogens with zero attached hydrogens (tertiary/aromatic N) is 6.